The Bertz CT molecular complexity index is 327. The van der Waals surface area contributed by atoms with Gasteiger partial charge in [-0.2, -0.15) is 0 Å². The highest BCUT2D eigenvalue weighted by atomic mass is 19.1. The standard InChI is InChI=1S/C12H15FO/c1-9(2)6-12(14)8-10-4-3-5-11(13)7-10/h3-7,12,14H,8H2,1-2H3. The number of hydrogen-bond donors (Lipinski definition) is 1. The quantitative estimate of drug-likeness (QED) is 0.733. The highest BCUT2D eigenvalue weighted by molar-refractivity contribution is 5.18. The number of benzene rings is 1. The Morgan fingerprint density at radius 1 is 1.50 bits per heavy atom. The van der Waals surface area contributed by atoms with E-state index in [1.54, 1.807) is 12.1 Å². The lowest BCUT2D eigenvalue weighted by Crippen LogP contribution is -2.07. The van der Waals surface area contributed by atoms with Crippen LogP contribution in [-0.2, 0) is 6.42 Å². The third-order valence-electron chi connectivity index (χ3n) is 1.86. The summed E-state index contributed by atoms with van der Waals surface area (Å²) in [6, 6.07) is 6.31. The van der Waals surface area contributed by atoms with Crippen molar-refractivity contribution < 1.29 is 9.50 Å². The van der Waals surface area contributed by atoms with Crippen molar-refractivity contribution in [2.75, 3.05) is 0 Å². The number of aliphatic hydroxyl groups is 1. The van der Waals surface area contributed by atoms with Crippen LogP contribution in [0.1, 0.15) is 19.4 Å². The van der Waals surface area contributed by atoms with Gasteiger partial charge in [-0.05, 0) is 31.5 Å². The molecule has 0 bridgehead atoms. The minimum absolute atomic E-state index is 0.257. The number of aliphatic hydroxyl groups excluding tert-OH is 1. The molecule has 0 spiro atoms. The van der Waals surface area contributed by atoms with Crippen molar-refractivity contribution in [3.63, 3.8) is 0 Å². The molecule has 0 saturated heterocycles. The minimum atomic E-state index is -0.526. The average molecular weight is 194 g/mol. The lowest BCUT2D eigenvalue weighted by molar-refractivity contribution is 0.223. The van der Waals surface area contributed by atoms with Crippen LogP contribution >= 0.6 is 0 Å². The maximum atomic E-state index is 12.8. The average Bonchev–Trinajstić information content (AvgIpc) is 2.01. The zero-order chi connectivity index (χ0) is 10.6. The molecular weight excluding hydrogens is 179 g/mol. The van der Waals surface area contributed by atoms with Crippen LogP contribution in [0.2, 0.25) is 0 Å². The Morgan fingerprint density at radius 3 is 2.79 bits per heavy atom. The molecule has 0 heterocycles. The first-order chi connectivity index (χ1) is 6.58. The highest BCUT2D eigenvalue weighted by Crippen LogP contribution is 2.08. The van der Waals surface area contributed by atoms with Gasteiger partial charge in [-0.25, -0.2) is 4.39 Å². The third-order valence-corrected chi connectivity index (χ3v) is 1.86. The van der Waals surface area contributed by atoms with Gasteiger partial charge in [0.15, 0.2) is 0 Å². The predicted octanol–water partition coefficient (Wildman–Crippen LogP) is 2.70. The van der Waals surface area contributed by atoms with Crippen molar-refractivity contribution in [1.82, 2.24) is 0 Å². The molecule has 0 radical (unpaired) electrons. The molecule has 0 amide bonds. The lowest BCUT2D eigenvalue weighted by atomic mass is 10.1. The molecule has 1 aromatic rings. The summed E-state index contributed by atoms with van der Waals surface area (Å²) in [6.45, 7) is 3.85. The molecule has 2 heteroatoms. The minimum Gasteiger partial charge on any atom is -0.389 e. The van der Waals surface area contributed by atoms with E-state index in [9.17, 15) is 9.50 Å². The van der Waals surface area contributed by atoms with E-state index >= 15 is 0 Å². The van der Waals surface area contributed by atoms with Crippen molar-refractivity contribution in [3.8, 4) is 0 Å². The number of halogens is 1. The van der Waals surface area contributed by atoms with Gasteiger partial charge in [0, 0.05) is 6.42 Å². The molecule has 0 fully saturated rings. The fourth-order valence-electron chi connectivity index (χ4n) is 1.35. The summed E-state index contributed by atoms with van der Waals surface area (Å²) in [6.07, 6.45) is 1.70. The van der Waals surface area contributed by atoms with Crippen molar-refractivity contribution in [2.45, 2.75) is 26.4 Å². The second-order valence-corrected chi connectivity index (χ2v) is 3.65. The van der Waals surface area contributed by atoms with Gasteiger partial charge in [0.2, 0.25) is 0 Å². The van der Waals surface area contributed by atoms with Gasteiger partial charge in [-0.3, -0.25) is 0 Å². The topological polar surface area (TPSA) is 20.2 Å². The number of hydrogen-bond acceptors (Lipinski definition) is 1. The van der Waals surface area contributed by atoms with Gasteiger partial charge in [0.05, 0.1) is 6.10 Å². The lowest BCUT2D eigenvalue weighted by Gasteiger charge is -2.06. The largest absolute Gasteiger partial charge is 0.389 e. The fraction of sp³-hybridized carbons (Fsp3) is 0.333. The van der Waals surface area contributed by atoms with E-state index in [0.29, 0.717) is 6.42 Å². The second kappa shape index (κ2) is 4.91. The molecule has 1 aromatic carbocycles. The second-order valence-electron chi connectivity index (χ2n) is 3.65. The maximum Gasteiger partial charge on any atom is 0.123 e. The Morgan fingerprint density at radius 2 is 2.21 bits per heavy atom. The van der Waals surface area contributed by atoms with Crippen LogP contribution in [-0.4, -0.2) is 11.2 Å². The Kier molecular flexibility index (Phi) is 3.84. The van der Waals surface area contributed by atoms with E-state index in [-0.39, 0.29) is 5.82 Å². The zero-order valence-electron chi connectivity index (χ0n) is 8.50. The molecular formula is C12H15FO. The van der Waals surface area contributed by atoms with E-state index in [2.05, 4.69) is 0 Å². The van der Waals surface area contributed by atoms with E-state index in [4.69, 9.17) is 0 Å². The van der Waals surface area contributed by atoms with Gasteiger partial charge in [-0.1, -0.05) is 23.8 Å². The molecule has 0 aromatic heterocycles. The Hall–Kier alpha value is -1.15. The van der Waals surface area contributed by atoms with Gasteiger partial charge >= 0.3 is 0 Å². The third kappa shape index (κ3) is 3.71. The van der Waals surface area contributed by atoms with Crippen LogP contribution < -0.4 is 0 Å². The van der Waals surface area contributed by atoms with Crippen LogP contribution in [0.5, 0.6) is 0 Å². The van der Waals surface area contributed by atoms with Crippen molar-refractivity contribution >= 4 is 0 Å². The summed E-state index contributed by atoms with van der Waals surface area (Å²) in [4.78, 5) is 0. The first-order valence-corrected chi connectivity index (χ1v) is 4.65. The summed E-state index contributed by atoms with van der Waals surface area (Å²) in [5.41, 5.74) is 1.88. The normalized spacial score (nSPS) is 12.3. The molecule has 0 saturated carbocycles. The van der Waals surface area contributed by atoms with Crippen LogP contribution in [0.4, 0.5) is 4.39 Å². The van der Waals surface area contributed by atoms with Gasteiger partial charge in [-0.15, -0.1) is 0 Å². The molecule has 1 atom stereocenters. The Labute approximate surface area is 83.9 Å². The smallest absolute Gasteiger partial charge is 0.123 e. The Balaban J connectivity index is 2.65. The molecule has 1 rings (SSSR count). The van der Waals surface area contributed by atoms with Gasteiger partial charge in [0.1, 0.15) is 5.82 Å². The SMILES string of the molecule is CC(C)=CC(O)Cc1cccc(F)c1. The summed E-state index contributed by atoms with van der Waals surface area (Å²) in [5.74, 6) is -0.257. The fourth-order valence-corrected chi connectivity index (χ4v) is 1.35. The van der Waals surface area contributed by atoms with Gasteiger partial charge in [0.25, 0.3) is 0 Å². The first-order valence-electron chi connectivity index (χ1n) is 4.65. The van der Waals surface area contributed by atoms with Crippen LogP contribution in [0.3, 0.4) is 0 Å². The van der Waals surface area contributed by atoms with Crippen molar-refractivity contribution in [1.29, 1.82) is 0 Å². The number of rotatable bonds is 3. The predicted molar refractivity (Wildman–Crippen MR) is 55.5 cm³/mol. The zero-order valence-corrected chi connectivity index (χ0v) is 8.50. The first kappa shape index (κ1) is 10.9. The summed E-state index contributed by atoms with van der Waals surface area (Å²) >= 11 is 0. The van der Waals surface area contributed by atoms with Crippen LogP contribution in [0.15, 0.2) is 35.9 Å². The molecule has 0 aliphatic heterocycles. The van der Waals surface area contributed by atoms with E-state index < -0.39 is 6.10 Å². The summed E-state index contributed by atoms with van der Waals surface area (Å²) in [7, 11) is 0. The summed E-state index contributed by atoms with van der Waals surface area (Å²) < 4.78 is 12.8. The van der Waals surface area contributed by atoms with E-state index in [1.165, 1.54) is 12.1 Å². The highest BCUT2D eigenvalue weighted by Gasteiger charge is 2.02. The monoisotopic (exact) mass is 194 g/mol. The van der Waals surface area contributed by atoms with Crippen molar-refractivity contribution in [2.24, 2.45) is 0 Å². The van der Waals surface area contributed by atoms with E-state index in [0.717, 1.165) is 11.1 Å². The van der Waals surface area contributed by atoms with Crippen molar-refractivity contribution in [3.05, 3.63) is 47.3 Å². The maximum absolute atomic E-state index is 12.8. The molecule has 1 N–H and O–H groups in total. The van der Waals surface area contributed by atoms with Gasteiger partial charge < -0.3 is 5.11 Å². The molecule has 0 aliphatic carbocycles. The summed E-state index contributed by atoms with van der Waals surface area (Å²) in [5, 5.41) is 9.57. The van der Waals surface area contributed by atoms with E-state index in [1.807, 2.05) is 19.9 Å². The molecule has 14 heavy (non-hydrogen) atoms. The molecule has 0 aliphatic rings. The van der Waals surface area contributed by atoms with Crippen LogP contribution in [0.25, 0.3) is 0 Å². The number of allylic oxidation sites excluding steroid dienone is 1. The molecule has 76 valence electrons. The van der Waals surface area contributed by atoms with Crippen LogP contribution in [0, 0.1) is 5.82 Å². The molecule has 1 nitrogen and oxygen atoms in total. The molecule has 1 unspecified atom stereocenters.